The van der Waals surface area contributed by atoms with E-state index < -0.39 is 0 Å². The minimum Gasteiger partial charge on any atom is -0.437 e. The maximum atomic E-state index is 6.63. The first-order chi connectivity index (χ1) is 30.8. The molecule has 0 fully saturated rings. The number of rotatable bonds is 4. The van der Waals surface area contributed by atoms with Crippen LogP contribution >= 0.6 is 0 Å². The van der Waals surface area contributed by atoms with Gasteiger partial charge in [0.15, 0.2) is 0 Å². The van der Waals surface area contributed by atoms with Crippen LogP contribution in [0.3, 0.4) is 0 Å². The Morgan fingerprint density at radius 1 is 0.371 bits per heavy atom. The normalized spacial score (nSPS) is 12.5. The third kappa shape index (κ3) is 4.08. The van der Waals surface area contributed by atoms with Crippen molar-refractivity contribution in [3.05, 3.63) is 188 Å². The van der Waals surface area contributed by atoms with E-state index in [9.17, 15) is 0 Å². The van der Waals surface area contributed by atoms with E-state index in [1.54, 1.807) is 0 Å². The molecule has 6 nitrogen and oxygen atoms in total. The molecule has 0 spiro atoms. The van der Waals surface area contributed by atoms with E-state index in [4.69, 9.17) is 14.4 Å². The lowest BCUT2D eigenvalue weighted by atomic mass is 10.0. The van der Waals surface area contributed by atoms with E-state index in [-0.39, 0.29) is 0 Å². The number of furan rings is 1. The van der Waals surface area contributed by atoms with Crippen LogP contribution in [0.5, 0.6) is 0 Å². The molecule has 0 unspecified atom stereocenters. The van der Waals surface area contributed by atoms with E-state index >= 15 is 0 Å². The average Bonchev–Trinajstić information content (AvgIpc) is 4.05. The Labute approximate surface area is 352 Å². The first-order valence-corrected chi connectivity index (χ1v) is 21.1. The van der Waals surface area contributed by atoms with Gasteiger partial charge in [-0.25, -0.2) is 4.98 Å². The lowest BCUT2D eigenvalue weighted by Gasteiger charge is -2.11. The Morgan fingerprint density at radius 2 is 1.02 bits per heavy atom. The number of aromatic nitrogens is 5. The van der Waals surface area contributed by atoms with Crippen molar-refractivity contribution in [1.82, 2.24) is 23.5 Å². The molecule has 0 saturated heterocycles. The molecule has 0 atom stereocenters. The van der Waals surface area contributed by atoms with Crippen LogP contribution in [-0.2, 0) is 0 Å². The summed E-state index contributed by atoms with van der Waals surface area (Å²) in [5.41, 5.74) is 14.6. The van der Waals surface area contributed by atoms with Crippen LogP contribution < -0.4 is 0 Å². The summed E-state index contributed by atoms with van der Waals surface area (Å²) >= 11 is 0. The van der Waals surface area contributed by atoms with Gasteiger partial charge in [-0.3, -0.25) is 4.57 Å². The predicted molar refractivity (Wildman–Crippen MR) is 255 cm³/mol. The summed E-state index contributed by atoms with van der Waals surface area (Å²) in [6, 6.07) is 67.6. The van der Waals surface area contributed by atoms with Gasteiger partial charge in [-0.2, -0.15) is 4.98 Å². The van der Waals surface area contributed by atoms with Gasteiger partial charge >= 0.3 is 0 Å². The fourth-order valence-corrected chi connectivity index (χ4v) is 10.8. The third-order valence-corrected chi connectivity index (χ3v) is 13.4. The summed E-state index contributed by atoms with van der Waals surface area (Å²) in [5, 5.41) is 11.6. The highest BCUT2D eigenvalue weighted by Crippen LogP contribution is 2.49. The minimum atomic E-state index is 0.562. The fraction of sp³-hybridized carbons (Fsp3) is 0. The fourth-order valence-electron chi connectivity index (χ4n) is 10.8. The molecule has 0 bridgehead atoms. The van der Waals surface area contributed by atoms with E-state index in [0.717, 1.165) is 55.4 Å². The molecule has 62 heavy (non-hydrogen) atoms. The zero-order valence-electron chi connectivity index (χ0n) is 33.0. The highest BCUT2D eigenvalue weighted by Gasteiger charge is 2.29. The van der Waals surface area contributed by atoms with Crippen LogP contribution in [0.15, 0.2) is 192 Å². The first-order valence-electron chi connectivity index (χ1n) is 21.1. The molecule has 0 aliphatic heterocycles. The Hall–Kier alpha value is -8.48. The van der Waals surface area contributed by atoms with Crippen molar-refractivity contribution in [1.29, 1.82) is 0 Å². The van der Waals surface area contributed by atoms with Gasteiger partial charge in [-0.05, 0) is 76.5 Å². The van der Waals surface area contributed by atoms with Gasteiger partial charge in [-0.15, -0.1) is 0 Å². The number of benzene rings is 9. The highest BCUT2D eigenvalue weighted by molar-refractivity contribution is 6.38. The maximum Gasteiger partial charge on any atom is 0.238 e. The molecule has 15 aromatic rings. The predicted octanol–water partition coefficient (Wildman–Crippen LogP) is 14.5. The van der Waals surface area contributed by atoms with E-state index in [1.165, 1.54) is 70.7 Å². The quantitative estimate of drug-likeness (QED) is 0.178. The summed E-state index contributed by atoms with van der Waals surface area (Å²) in [4.78, 5) is 10.9. The van der Waals surface area contributed by atoms with E-state index in [1.807, 2.05) is 12.1 Å². The lowest BCUT2D eigenvalue weighted by Crippen LogP contribution is -2.03. The van der Waals surface area contributed by atoms with Crippen molar-refractivity contribution in [3.63, 3.8) is 0 Å². The molecule has 6 aromatic heterocycles. The van der Waals surface area contributed by atoms with Crippen LogP contribution in [0.2, 0.25) is 0 Å². The topological polar surface area (TPSA) is 53.2 Å². The zero-order valence-corrected chi connectivity index (χ0v) is 33.0. The van der Waals surface area contributed by atoms with Crippen molar-refractivity contribution in [2.45, 2.75) is 0 Å². The number of hydrogen-bond donors (Lipinski definition) is 0. The van der Waals surface area contributed by atoms with Gasteiger partial charge in [0.05, 0.1) is 49.7 Å². The molecule has 9 aromatic carbocycles. The molecule has 0 aliphatic rings. The standard InChI is InChI=1S/C56H31N5O/c1-2-11-32(12-3-1)34-21-23-35(24-22-34)53-48-40-16-7-9-20-47(40)62-55(48)58-56(57-53)61-45-30-29-44-50-49-42(59(44)37-26-25-33-13-4-5-14-36(33)31-37)18-10-19-43(49)60-41-17-8-6-15-38(41)39-27-28-46(61)52(51(45)50)54(39)60/h1-31H. The lowest BCUT2D eigenvalue weighted by molar-refractivity contribution is 0.651. The third-order valence-electron chi connectivity index (χ3n) is 13.4. The number of para-hydroxylation sites is 2. The highest BCUT2D eigenvalue weighted by atomic mass is 16.3. The van der Waals surface area contributed by atoms with Crippen LogP contribution in [0.4, 0.5) is 0 Å². The van der Waals surface area contributed by atoms with Crippen LogP contribution in [-0.4, -0.2) is 23.5 Å². The molecular weight excluding hydrogens is 759 g/mol. The van der Waals surface area contributed by atoms with E-state index in [0.29, 0.717) is 11.7 Å². The Morgan fingerprint density at radius 3 is 1.90 bits per heavy atom. The number of hydrogen-bond acceptors (Lipinski definition) is 3. The van der Waals surface area contributed by atoms with Crippen molar-refractivity contribution in [3.8, 4) is 34.0 Å². The molecule has 0 radical (unpaired) electrons. The van der Waals surface area contributed by atoms with Crippen molar-refractivity contribution in [2.75, 3.05) is 0 Å². The summed E-state index contributed by atoms with van der Waals surface area (Å²) in [7, 11) is 0. The second kappa shape index (κ2) is 11.6. The number of fused-ring (bicyclic) bond motifs is 8. The minimum absolute atomic E-state index is 0.562. The van der Waals surface area contributed by atoms with Gasteiger partial charge in [-0.1, -0.05) is 133 Å². The van der Waals surface area contributed by atoms with Gasteiger partial charge in [0.25, 0.3) is 0 Å². The van der Waals surface area contributed by atoms with Gasteiger partial charge < -0.3 is 13.4 Å². The Balaban J connectivity index is 1.10. The summed E-state index contributed by atoms with van der Waals surface area (Å²) in [6.45, 7) is 0. The largest absolute Gasteiger partial charge is 0.437 e. The zero-order chi connectivity index (χ0) is 40.2. The summed E-state index contributed by atoms with van der Waals surface area (Å²) < 4.78 is 13.9. The molecule has 286 valence electrons. The molecule has 15 rings (SSSR count). The van der Waals surface area contributed by atoms with Gasteiger partial charge in [0, 0.05) is 49.0 Å². The monoisotopic (exact) mass is 789 g/mol. The first kappa shape index (κ1) is 32.4. The average molecular weight is 790 g/mol. The summed E-state index contributed by atoms with van der Waals surface area (Å²) in [6.07, 6.45) is 0. The SMILES string of the molecule is c1ccc(-c2ccc(-c3nc(-n4c5ccc6c7c5c5c4ccc4c8ccccc8n(c8cccc(c78)n6-c6ccc7ccccc7c6)c45)nc4oc5ccccc5c34)cc2)cc1. The maximum absolute atomic E-state index is 6.63. The van der Waals surface area contributed by atoms with Crippen LogP contribution in [0.1, 0.15) is 0 Å². The van der Waals surface area contributed by atoms with Crippen molar-refractivity contribution < 1.29 is 4.42 Å². The molecule has 0 amide bonds. The Bertz CT molecular complexity index is 4320. The molecule has 6 heterocycles. The van der Waals surface area contributed by atoms with E-state index in [2.05, 4.69) is 189 Å². The smallest absolute Gasteiger partial charge is 0.238 e. The molecule has 0 saturated carbocycles. The second-order valence-corrected chi connectivity index (χ2v) is 16.5. The molecule has 6 heteroatoms. The van der Waals surface area contributed by atoms with Gasteiger partial charge in [0.2, 0.25) is 11.7 Å². The Kier molecular flexibility index (Phi) is 6.07. The van der Waals surface area contributed by atoms with Gasteiger partial charge in [0.1, 0.15) is 5.58 Å². The van der Waals surface area contributed by atoms with Crippen molar-refractivity contribution in [2.24, 2.45) is 0 Å². The molecular formula is C56H31N5O. The van der Waals surface area contributed by atoms with Crippen molar-refractivity contribution >= 4 is 104 Å². The summed E-state index contributed by atoms with van der Waals surface area (Å²) in [5.74, 6) is 0.569. The second-order valence-electron chi connectivity index (χ2n) is 16.5. The molecule has 0 N–H and O–H groups in total. The van der Waals surface area contributed by atoms with Crippen LogP contribution in [0.25, 0.3) is 138 Å². The van der Waals surface area contributed by atoms with Crippen LogP contribution in [0, 0.1) is 0 Å². The number of nitrogens with zero attached hydrogens (tertiary/aromatic N) is 5. The molecule has 0 aliphatic carbocycles.